The van der Waals surface area contributed by atoms with Crippen LogP contribution in [0.3, 0.4) is 0 Å². The second-order valence-electron chi connectivity index (χ2n) is 4.26. The molecule has 0 N–H and O–H groups in total. The summed E-state index contributed by atoms with van der Waals surface area (Å²) in [4.78, 5) is 0. The van der Waals surface area contributed by atoms with E-state index in [4.69, 9.17) is 20.8 Å². The Kier molecular flexibility index (Phi) is 5.09. The molecule has 1 aliphatic rings. The van der Waals surface area contributed by atoms with Gasteiger partial charge < -0.3 is 14.2 Å². The van der Waals surface area contributed by atoms with E-state index >= 15 is 0 Å². The lowest BCUT2D eigenvalue weighted by atomic mass is 10.2. The number of ether oxygens (including phenoxy) is 3. The van der Waals surface area contributed by atoms with E-state index in [1.165, 1.54) is 6.42 Å². The van der Waals surface area contributed by atoms with Crippen molar-refractivity contribution < 1.29 is 14.2 Å². The highest BCUT2D eigenvalue weighted by molar-refractivity contribution is 5.31. The van der Waals surface area contributed by atoms with E-state index < -0.39 is 0 Å². The summed E-state index contributed by atoms with van der Waals surface area (Å²) in [5.74, 6) is 1.65. The van der Waals surface area contributed by atoms with E-state index in [0.717, 1.165) is 37.4 Å². The highest BCUT2D eigenvalue weighted by Gasteiger charge is 2.14. The molecule has 3 heteroatoms. The zero-order valence-corrected chi connectivity index (χ0v) is 10.5. The fourth-order valence-corrected chi connectivity index (χ4v) is 1.82. The first-order chi connectivity index (χ1) is 8.88. The van der Waals surface area contributed by atoms with E-state index in [1.807, 2.05) is 24.3 Å². The minimum Gasteiger partial charge on any atom is -0.493 e. The average Bonchev–Trinajstić information content (AvgIpc) is 2.42. The molecule has 0 spiro atoms. The first-order valence-electron chi connectivity index (χ1n) is 6.43. The lowest BCUT2D eigenvalue weighted by Crippen LogP contribution is -2.24. The molecular formula is C15H19O3. The molecule has 1 heterocycles. The van der Waals surface area contributed by atoms with E-state index in [2.05, 4.69) is 0 Å². The quantitative estimate of drug-likeness (QED) is 0.721. The largest absolute Gasteiger partial charge is 0.493 e. The summed E-state index contributed by atoms with van der Waals surface area (Å²) < 4.78 is 16.7. The number of hydrogen-bond donors (Lipinski definition) is 0. The van der Waals surface area contributed by atoms with E-state index in [-0.39, 0.29) is 6.29 Å². The molecule has 0 bridgehead atoms. The summed E-state index contributed by atoms with van der Waals surface area (Å²) in [5.41, 5.74) is 0. The van der Waals surface area contributed by atoms with Crippen molar-refractivity contribution in [3.05, 3.63) is 36.9 Å². The van der Waals surface area contributed by atoms with Gasteiger partial charge in [-0.3, -0.25) is 0 Å². The van der Waals surface area contributed by atoms with Gasteiger partial charge in [0.2, 0.25) is 0 Å². The molecule has 1 radical (unpaired) electrons. The van der Waals surface area contributed by atoms with Gasteiger partial charge in [-0.05, 0) is 43.5 Å². The Morgan fingerprint density at radius 3 is 2.67 bits per heavy atom. The van der Waals surface area contributed by atoms with Crippen LogP contribution in [-0.2, 0) is 4.74 Å². The molecule has 0 amide bonds. The molecule has 97 valence electrons. The van der Waals surface area contributed by atoms with Gasteiger partial charge in [-0.2, -0.15) is 0 Å². The van der Waals surface area contributed by atoms with Crippen LogP contribution < -0.4 is 9.47 Å². The number of benzene rings is 1. The third-order valence-electron chi connectivity index (χ3n) is 2.78. The summed E-state index contributed by atoms with van der Waals surface area (Å²) >= 11 is 0. The Balaban J connectivity index is 1.80. The van der Waals surface area contributed by atoms with Gasteiger partial charge in [-0.1, -0.05) is 12.7 Å². The minimum absolute atomic E-state index is 0.0997. The van der Waals surface area contributed by atoms with Gasteiger partial charge in [0.25, 0.3) is 0 Å². The Bertz CT molecular complexity index is 353. The zero-order chi connectivity index (χ0) is 12.6. The maximum atomic E-state index is 5.73. The van der Waals surface area contributed by atoms with Gasteiger partial charge >= 0.3 is 0 Å². The van der Waals surface area contributed by atoms with Crippen molar-refractivity contribution in [2.24, 2.45) is 0 Å². The predicted molar refractivity (Wildman–Crippen MR) is 69.6 cm³/mol. The molecule has 18 heavy (non-hydrogen) atoms. The predicted octanol–water partition coefficient (Wildman–Crippen LogP) is 3.35. The Labute approximate surface area is 108 Å². The second kappa shape index (κ2) is 7.07. The number of rotatable bonds is 6. The van der Waals surface area contributed by atoms with Crippen LogP contribution >= 0.6 is 0 Å². The van der Waals surface area contributed by atoms with Crippen molar-refractivity contribution in [1.29, 1.82) is 0 Å². The van der Waals surface area contributed by atoms with E-state index in [0.29, 0.717) is 6.61 Å². The molecule has 1 aromatic carbocycles. The van der Waals surface area contributed by atoms with Crippen molar-refractivity contribution in [2.45, 2.75) is 32.0 Å². The van der Waals surface area contributed by atoms with Gasteiger partial charge in [-0.15, -0.1) is 0 Å². The molecule has 2 rings (SSSR count). The van der Waals surface area contributed by atoms with Crippen LogP contribution in [0.25, 0.3) is 0 Å². The summed E-state index contributed by atoms with van der Waals surface area (Å²) in [6, 6.07) is 7.60. The maximum Gasteiger partial charge on any atom is 0.199 e. The summed E-state index contributed by atoms with van der Waals surface area (Å²) in [6.07, 6.45) is 5.50. The molecule has 1 aliphatic heterocycles. The molecule has 3 nitrogen and oxygen atoms in total. The highest BCUT2D eigenvalue weighted by Crippen LogP contribution is 2.22. The van der Waals surface area contributed by atoms with Crippen LogP contribution in [0.4, 0.5) is 0 Å². The molecular weight excluding hydrogens is 228 g/mol. The Morgan fingerprint density at radius 2 is 2.00 bits per heavy atom. The number of hydrogen-bond acceptors (Lipinski definition) is 3. The van der Waals surface area contributed by atoms with Crippen molar-refractivity contribution in [2.75, 3.05) is 13.2 Å². The molecule has 1 unspecified atom stereocenters. The fraction of sp³-hybridized carbons (Fsp3) is 0.467. The standard InChI is InChI=1S/C15H19O3/c1-2-3-11-16-13-7-9-14(10-8-13)18-15-6-4-5-12-17-15/h1-2,7-10,15H,3-6,11-12H2. The van der Waals surface area contributed by atoms with Crippen molar-refractivity contribution in [1.82, 2.24) is 0 Å². The molecule has 1 atom stereocenters. The molecule has 1 fully saturated rings. The van der Waals surface area contributed by atoms with Gasteiger partial charge in [-0.25, -0.2) is 0 Å². The Morgan fingerprint density at radius 1 is 1.22 bits per heavy atom. The highest BCUT2D eigenvalue weighted by atomic mass is 16.7. The second-order valence-corrected chi connectivity index (χ2v) is 4.26. The SMILES string of the molecule is [CH]=CCCOc1ccc(OC2CCCCO2)cc1. The molecule has 0 aromatic heterocycles. The van der Waals surface area contributed by atoms with Gasteiger partial charge in [0.05, 0.1) is 13.2 Å². The smallest absolute Gasteiger partial charge is 0.199 e. The Hall–Kier alpha value is -1.48. The van der Waals surface area contributed by atoms with Gasteiger partial charge in [0, 0.05) is 6.42 Å². The molecule has 1 aromatic rings. The average molecular weight is 247 g/mol. The van der Waals surface area contributed by atoms with Crippen LogP contribution in [0.15, 0.2) is 30.3 Å². The van der Waals surface area contributed by atoms with Crippen LogP contribution in [0.5, 0.6) is 11.5 Å². The monoisotopic (exact) mass is 247 g/mol. The summed E-state index contributed by atoms with van der Waals surface area (Å²) in [5, 5.41) is 0. The third-order valence-corrected chi connectivity index (χ3v) is 2.78. The van der Waals surface area contributed by atoms with Crippen LogP contribution in [-0.4, -0.2) is 19.5 Å². The van der Waals surface area contributed by atoms with E-state index in [9.17, 15) is 0 Å². The molecule has 0 saturated carbocycles. The lowest BCUT2D eigenvalue weighted by Gasteiger charge is -2.23. The lowest BCUT2D eigenvalue weighted by molar-refractivity contribution is -0.105. The van der Waals surface area contributed by atoms with Crippen LogP contribution in [0, 0.1) is 6.58 Å². The van der Waals surface area contributed by atoms with Crippen molar-refractivity contribution >= 4 is 0 Å². The van der Waals surface area contributed by atoms with Crippen LogP contribution in [0.1, 0.15) is 25.7 Å². The first-order valence-corrected chi connectivity index (χ1v) is 6.43. The normalized spacial score (nSPS) is 19.2. The minimum atomic E-state index is -0.0997. The third kappa shape index (κ3) is 4.08. The van der Waals surface area contributed by atoms with Gasteiger partial charge in [0.15, 0.2) is 6.29 Å². The maximum absolute atomic E-state index is 5.73. The van der Waals surface area contributed by atoms with Crippen LogP contribution in [0.2, 0.25) is 0 Å². The topological polar surface area (TPSA) is 27.7 Å². The molecule has 0 aliphatic carbocycles. The summed E-state index contributed by atoms with van der Waals surface area (Å²) in [7, 11) is 0. The fourth-order valence-electron chi connectivity index (χ4n) is 1.82. The summed E-state index contributed by atoms with van der Waals surface area (Å²) in [6.45, 7) is 6.67. The van der Waals surface area contributed by atoms with Gasteiger partial charge in [0.1, 0.15) is 11.5 Å². The zero-order valence-electron chi connectivity index (χ0n) is 10.5. The van der Waals surface area contributed by atoms with Crippen molar-refractivity contribution in [3.8, 4) is 11.5 Å². The van der Waals surface area contributed by atoms with E-state index in [1.54, 1.807) is 6.08 Å². The van der Waals surface area contributed by atoms with Crippen molar-refractivity contribution in [3.63, 3.8) is 0 Å². The first kappa shape index (κ1) is 13.0. The molecule has 1 saturated heterocycles.